The number of para-hydroxylation sites is 1. The number of benzene rings is 2. The predicted octanol–water partition coefficient (Wildman–Crippen LogP) is 2.82. The molecule has 0 aliphatic carbocycles. The van der Waals surface area contributed by atoms with Crippen LogP contribution in [-0.2, 0) is 0 Å². The monoisotopic (exact) mass is 224 g/mol. The molecule has 2 rings (SSSR count). The van der Waals surface area contributed by atoms with Gasteiger partial charge in [0, 0.05) is 11.3 Å². The van der Waals surface area contributed by atoms with Gasteiger partial charge in [-0.1, -0.05) is 18.2 Å². The van der Waals surface area contributed by atoms with Crippen LogP contribution in [0.1, 0.15) is 5.56 Å². The Morgan fingerprint density at radius 2 is 1.94 bits per heavy atom. The number of anilines is 1. The lowest BCUT2D eigenvalue weighted by Gasteiger charge is -2.09. The van der Waals surface area contributed by atoms with Gasteiger partial charge in [-0.05, 0) is 29.8 Å². The van der Waals surface area contributed by atoms with Crippen LogP contribution in [0.3, 0.4) is 0 Å². The quantitative estimate of drug-likeness (QED) is 0.798. The molecule has 0 spiro atoms. The third-order valence-electron chi connectivity index (χ3n) is 2.50. The van der Waals surface area contributed by atoms with E-state index in [1.807, 2.05) is 30.3 Å². The van der Waals surface area contributed by atoms with E-state index in [-0.39, 0.29) is 0 Å². The molecule has 0 saturated heterocycles. The number of nitrogen functional groups attached to an aromatic ring is 1. The van der Waals surface area contributed by atoms with Crippen LogP contribution in [-0.4, -0.2) is 7.11 Å². The minimum absolute atomic E-state index is 0.547. The molecule has 0 atom stereocenters. The summed E-state index contributed by atoms with van der Waals surface area (Å²) < 4.78 is 5.29. The summed E-state index contributed by atoms with van der Waals surface area (Å²) in [6.07, 6.45) is 0. The Bertz CT molecular complexity index is 585. The maximum absolute atomic E-state index is 8.92. The van der Waals surface area contributed by atoms with Crippen LogP contribution in [0.4, 0.5) is 5.69 Å². The molecule has 2 aromatic carbocycles. The van der Waals surface area contributed by atoms with Crippen molar-refractivity contribution in [1.29, 1.82) is 5.26 Å². The standard InChI is InChI=1S/C14H12N2O/c1-17-14-5-3-2-4-13(14)11-6-10(9-15)7-12(16)8-11/h2-8H,16H2,1H3. The summed E-state index contributed by atoms with van der Waals surface area (Å²) in [4.78, 5) is 0. The molecule has 0 amide bonds. The van der Waals surface area contributed by atoms with Gasteiger partial charge in [-0.2, -0.15) is 5.26 Å². The second kappa shape index (κ2) is 4.58. The SMILES string of the molecule is COc1ccccc1-c1cc(N)cc(C#N)c1. The van der Waals surface area contributed by atoms with Gasteiger partial charge in [-0.3, -0.25) is 0 Å². The summed E-state index contributed by atoms with van der Waals surface area (Å²) >= 11 is 0. The molecule has 0 aromatic heterocycles. The van der Waals surface area contributed by atoms with Gasteiger partial charge >= 0.3 is 0 Å². The zero-order valence-corrected chi connectivity index (χ0v) is 9.47. The molecule has 17 heavy (non-hydrogen) atoms. The molecule has 84 valence electrons. The van der Waals surface area contributed by atoms with Gasteiger partial charge in [0.2, 0.25) is 0 Å². The Morgan fingerprint density at radius 3 is 2.65 bits per heavy atom. The third-order valence-corrected chi connectivity index (χ3v) is 2.50. The topological polar surface area (TPSA) is 59.0 Å². The van der Waals surface area contributed by atoms with Crippen LogP contribution in [0.5, 0.6) is 5.75 Å². The van der Waals surface area contributed by atoms with E-state index in [9.17, 15) is 0 Å². The number of ether oxygens (including phenoxy) is 1. The van der Waals surface area contributed by atoms with Crippen LogP contribution >= 0.6 is 0 Å². The van der Waals surface area contributed by atoms with Crippen molar-refractivity contribution < 1.29 is 4.74 Å². The van der Waals surface area contributed by atoms with Gasteiger partial charge in [0.1, 0.15) is 5.75 Å². The third kappa shape index (κ3) is 2.21. The number of methoxy groups -OCH3 is 1. The molecule has 0 aliphatic heterocycles. The smallest absolute Gasteiger partial charge is 0.126 e. The van der Waals surface area contributed by atoms with E-state index in [0.29, 0.717) is 11.3 Å². The fourth-order valence-electron chi connectivity index (χ4n) is 1.75. The van der Waals surface area contributed by atoms with Gasteiger partial charge in [0.05, 0.1) is 18.7 Å². The van der Waals surface area contributed by atoms with Crippen molar-refractivity contribution in [1.82, 2.24) is 0 Å². The number of nitriles is 1. The lowest BCUT2D eigenvalue weighted by Crippen LogP contribution is -1.91. The Morgan fingerprint density at radius 1 is 1.18 bits per heavy atom. The largest absolute Gasteiger partial charge is 0.496 e. The van der Waals surface area contributed by atoms with E-state index in [1.165, 1.54) is 0 Å². The van der Waals surface area contributed by atoms with Crippen LogP contribution < -0.4 is 10.5 Å². The summed E-state index contributed by atoms with van der Waals surface area (Å²) in [5.41, 5.74) is 8.71. The van der Waals surface area contributed by atoms with Crippen molar-refractivity contribution in [2.75, 3.05) is 12.8 Å². The lowest BCUT2D eigenvalue weighted by atomic mass is 10.0. The Balaban J connectivity index is 2.60. The highest BCUT2D eigenvalue weighted by Gasteiger charge is 2.06. The van der Waals surface area contributed by atoms with Gasteiger partial charge in [-0.15, -0.1) is 0 Å². The van der Waals surface area contributed by atoms with E-state index in [0.717, 1.165) is 16.9 Å². The van der Waals surface area contributed by atoms with Crippen LogP contribution in [0.2, 0.25) is 0 Å². The van der Waals surface area contributed by atoms with Crippen molar-refractivity contribution in [2.45, 2.75) is 0 Å². The number of hydrogen-bond donors (Lipinski definition) is 1. The zero-order valence-electron chi connectivity index (χ0n) is 9.47. The predicted molar refractivity (Wildman–Crippen MR) is 67.6 cm³/mol. The number of rotatable bonds is 2. The highest BCUT2D eigenvalue weighted by molar-refractivity contribution is 5.74. The fraction of sp³-hybridized carbons (Fsp3) is 0.0714. The molecular weight excluding hydrogens is 212 g/mol. The highest BCUT2D eigenvalue weighted by atomic mass is 16.5. The molecule has 3 heteroatoms. The number of nitrogens with zero attached hydrogens (tertiary/aromatic N) is 1. The molecule has 0 aliphatic rings. The number of nitrogens with two attached hydrogens (primary N) is 1. The summed E-state index contributed by atoms with van der Waals surface area (Å²) in [5.74, 6) is 0.766. The van der Waals surface area contributed by atoms with Crippen LogP contribution in [0.15, 0.2) is 42.5 Å². The van der Waals surface area contributed by atoms with E-state index in [2.05, 4.69) is 6.07 Å². The molecule has 0 unspecified atom stereocenters. The normalized spacial score (nSPS) is 9.65. The van der Waals surface area contributed by atoms with E-state index in [1.54, 1.807) is 19.2 Å². The molecule has 0 bridgehead atoms. The molecule has 0 radical (unpaired) electrons. The molecular formula is C14H12N2O. The molecule has 0 saturated carbocycles. The molecule has 0 fully saturated rings. The van der Waals surface area contributed by atoms with E-state index < -0.39 is 0 Å². The maximum atomic E-state index is 8.92. The molecule has 2 aromatic rings. The van der Waals surface area contributed by atoms with E-state index >= 15 is 0 Å². The van der Waals surface area contributed by atoms with Gasteiger partial charge in [0.15, 0.2) is 0 Å². The first-order valence-corrected chi connectivity index (χ1v) is 5.18. The first-order valence-electron chi connectivity index (χ1n) is 5.18. The summed E-state index contributed by atoms with van der Waals surface area (Å²) in [7, 11) is 1.62. The minimum Gasteiger partial charge on any atom is -0.496 e. The van der Waals surface area contributed by atoms with Crippen molar-refractivity contribution in [3.63, 3.8) is 0 Å². The summed E-state index contributed by atoms with van der Waals surface area (Å²) in [6.45, 7) is 0. The average molecular weight is 224 g/mol. The van der Waals surface area contributed by atoms with Crippen molar-refractivity contribution in [2.24, 2.45) is 0 Å². The molecule has 3 nitrogen and oxygen atoms in total. The lowest BCUT2D eigenvalue weighted by molar-refractivity contribution is 0.416. The zero-order chi connectivity index (χ0) is 12.3. The molecule has 0 heterocycles. The van der Waals surface area contributed by atoms with E-state index in [4.69, 9.17) is 15.7 Å². The minimum atomic E-state index is 0.547. The second-order valence-electron chi connectivity index (χ2n) is 3.66. The average Bonchev–Trinajstić information content (AvgIpc) is 2.37. The van der Waals surface area contributed by atoms with Gasteiger partial charge < -0.3 is 10.5 Å². The number of hydrogen-bond acceptors (Lipinski definition) is 3. The van der Waals surface area contributed by atoms with Crippen molar-refractivity contribution in [3.05, 3.63) is 48.0 Å². The summed E-state index contributed by atoms with van der Waals surface area (Å²) in [6, 6.07) is 15.0. The van der Waals surface area contributed by atoms with Crippen molar-refractivity contribution >= 4 is 5.69 Å². The highest BCUT2D eigenvalue weighted by Crippen LogP contribution is 2.31. The first kappa shape index (κ1) is 11.0. The van der Waals surface area contributed by atoms with Crippen LogP contribution in [0, 0.1) is 11.3 Å². The Kier molecular flexibility index (Phi) is 2.97. The van der Waals surface area contributed by atoms with Gasteiger partial charge in [-0.25, -0.2) is 0 Å². The van der Waals surface area contributed by atoms with Crippen LogP contribution in [0.25, 0.3) is 11.1 Å². The van der Waals surface area contributed by atoms with Crippen molar-refractivity contribution in [3.8, 4) is 22.9 Å². The fourth-order valence-corrected chi connectivity index (χ4v) is 1.75. The Labute approximate surface area is 100 Å². The Hall–Kier alpha value is -2.47. The molecule has 2 N–H and O–H groups in total. The first-order chi connectivity index (χ1) is 8.24. The second-order valence-corrected chi connectivity index (χ2v) is 3.66. The summed E-state index contributed by atoms with van der Waals surface area (Å²) in [5, 5.41) is 8.92. The van der Waals surface area contributed by atoms with Gasteiger partial charge in [0.25, 0.3) is 0 Å². The maximum Gasteiger partial charge on any atom is 0.126 e.